The SMILES string of the molecule is O=C(CCc1cc(O)c(O)cc1-c1c(O)cc(O[C@@H]2O[C@H](CO)[C@@H](O)[C@H](O)[C@H]2O)c(C(=O)CCc2ccc(O)cc2)c1O)c1c(O)cc(O[C@@H]2O[C@H](CO)[C@@H](O)[C@H](O)[C@H]2O)cc1O. The lowest BCUT2D eigenvalue weighted by molar-refractivity contribution is -0.277. The maximum absolute atomic E-state index is 14.0. The monoisotopic (exact) mass is 886 g/mol. The first kappa shape index (κ1) is 46.5. The van der Waals surface area contributed by atoms with E-state index in [0.29, 0.717) is 5.56 Å². The largest absolute Gasteiger partial charge is 0.508 e. The third-order valence-electron chi connectivity index (χ3n) is 10.7. The number of aliphatic hydroxyl groups excluding tert-OH is 8. The average Bonchev–Trinajstić information content (AvgIpc) is 3.24. The van der Waals surface area contributed by atoms with Crippen molar-refractivity contribution in [1.82, 2.24) is 0 Å². The van der Waals surface area contributed by atoms with Crippen molar-refractivity contribution in [1.29, 1.82) is 0 Å². The van der Waals surface area contributed by atoms with Gasteiger partial charge in [0, 0.05) is 31.0 Å². The lowest BCUT2D eigenvalue weighted by Gasteiger charge is -2.39. The molecule has 0 bridgehead atoms. The van der Waals surface area contributed by atoms with Crippen LogP contribution in [0.25, 0.3) is 11.1 Å². The number of benzene rings is 4. The Hall–Kier alpha value is -5.98. The lowest BCUT2D eigenvalue weighted by Crippen LogP contribution is -2.60. The Morgan fingerprint density at radius 3 is 1.60 bits per heavy atom. The molecule has 2 aliphatic rings. The van der Waals surface area contributed by atoms with Crippen LogP contribution in [0.1, 0.15) is 44.7 Å². The molecule has 2 heterocycles. The molecule has 21 nitrogen and oxygen atoms in total. The molecule has 15 N–H and O–H groups in total. The van der Waals surface area contributed by atoms with Crippen molar-refractivity contribution in [2.45, 2.75) is 87.1 Å². The molecule has 340 valence electrons. The summed E-state index contributed by atoms with van der Waals surface area (Å²) in [5, 5.41) is 156. The normalized spacial score (nSPS) is 26.0. The number of aryl methyl sites for hydroxylation is 2. The molecular weight excluding hydrogens is 840 g/mol. The topological polar surface area (TPSA) is 375 Å². The number of aliphatic hydroxyl groups is 8. The second-order valence-electron chi connectivity index (χ2n) is 15.0. The highest BCUT2D eigenvalue weighted by molar-refractivity contribution is 6.05. The number of Topliss-reactive ketones (excluding diaryl/α,β-unsaturated/α-hetero) is 2. The quantitative estimate of drug-likeness (QED) is 0.0517. The van der Waals surface area contributed by atoms with Gasteiger partial charge in [-0.25, -0.2) is 0 Å². The molecule has 10 atom stereocenters. The van der Waals surface area contributed by atoms with Crippen LogP contribution in [0.5, 0.6) is 51.7 Å². The zero-order chi connectivity index (χ0) is 46.0. The van der Waals surface area contributed by atoms with Crippen molar-refractivity contribution in [3.05, 3.63) is 76.9 Å². The van der Waals surface area contributed by atoms with E-state index >= 15 is 0 Å². The molecule has 2 fully saturated rings. The van der Waals surface area contributed by atoms with Gasteiger partial charge in [0.05, 0.1) is 18.8 Å². The van der Waals surface area contributed by atoms with E-state index in [1.807, 2.05) is 0 Å². The zero-order valence-corrected chi connectivity index (χ0v) is 32.9. The van der Waals surface area contributed by atoms with E-state index < -0.39 is 156 Å². The number of aromatic hydroxyl groups is 7. The summed E-state index contributed by atoms with van der Waals surface area (Å²) in [7, 11) is 0. The molecule has 4 aromatic rings. The summed E-state index contributed by atoms with van der Waals surface area (Å²) in [6.07, 6.45) is -18.6. The lowest BCUT2D eigenvalue weighted by atomic mass is 9.90. The predicted molar refractivity (Wildman–Crippen MR) is 211 cm³/mol. The highest BCUT2D eigenvalue weighted by atomic mass is 16.7. The molecule has 0 radical (unpaired) electrons. The maximum Gasteiger partial charge on any atom is 0.229 e. The number of rotatable bonds is 15. The van der Waals surface area contributed by atoms with E-state index in [1.54, 1.807) is 0 Å². The molecule has 21 heteroatoms. The Balaban J connectivity index is 1.32. The third kappa shape index (κ3) is 9.67. The second-order valence-corrected chi connectivity index (χ2v) is 15.0. The molecule has 2 aliphatic heterocycles. The van der Waals surface area contributed by atoms with Gasteiger partial charge in [0.2, 0.25) is 12.6 Å². The first-order valence-electron chi connectivity index (χ1n) is 19.3. The van der Waals surface area contributed by atoms with Crippen molar-refractivity contribution in [3.63, 3.8) is 0 Å². The standard InChI is InChI=1S/C42H46O21/c43-14-29-34(53)37(56)39(58)41(62-29)60-19-10-25(50)32(26(51)11-19)21(46)8-4-17-9-23(48)24(49)12-20(17)31-27(52)13-28(61-42-40(59)38(57)35(54)30(15-44)63-42)33(36(31)55)22(47)7-3-16-1-5-18(45)6-2-16/h1-2,5-6,9-13,29-30,34-35,37-45,48-59H,3-4,7-8,14-15H2/t29-,30-,34-,35-,37+,38+,39-,40-,41-,42-/m1/s1. The van der Waals surface area contributed by atoms with E-state index in [4.69, 9.17) is 18.9 Å². The predicted octanol–water partition coefficient (Wildman–Crippen LogP) is -0.719. The Bertz CT molecular complexity index is 2270. The smallest absolute Gasteiger partial charge is 0.229 e. The van der Waals surface area contributed by atoms with Gasteiger partial charge in [-0.05, 0) is 53.8 Å². The highest BCUT2D eigenvalue weighted by Gasteiger charge is 2.46. The summed E-state index contributed by atoms with van der Waals surface area (Å²) in [6, 6.07) is 10.3. The van der Waals surface area contributed by atoms with Crippen LogP contribution in [0.2, 0.25) is 0 Å². The van der Waals surface area contributed by atoms with Gasteiger partial charge in [0.1, 0.15) is 100 Å². The molecule has 4 aromatic carbocycles. The molecular formula is C42H46O21. The zero-order valence-electron chi connectivity index (χ0n) is 32.9. The van der Waals surface area contributed by atoms with Crippen LogP contribution in [0.4, 0.5) is 0 Å². The molecule has 0 aliphatic carbocycles. The fraction of sp³-hybridized carbons (Fsp3) is 0.381. The van der Waals surface area contributed by atoms with Crippen LogP contribution < -0.4 is 9.47 Å². The Labute approximate surface area is 356 Å². The van der Waals surface area contributed by atoms with Crippen molar-refractivity contribution in [2.75, 3.05) is 13.2 Å². The Kier molecular flexibility index (Phi) is 14.2. The van der Waals surface area contributed by atoms with Gasteiger partial charge in [-0.1, -0.05) is 12.1 Å². The minimum absolute atomic E-state index is 0.0398. The second kappa shape index (κ2) is 19.2. The van der Waals surface area contributed by atoms with Gasteiger partial charge in [-0.15, -0.1) is 0 Å². The summed E-state index contributed by atoms with van der Waals surface area (Å²) >= 11 is 0. The van der Waals surface area contributed by atoms with Crippen LogP contribution in [-0.4, -0.2) is 163 Å². The Morgan fingerprint density at radius 2 is 1.05 bits per heavy atom. The van der Waals surface area contributed by atoms with E-state index in [2.05, 4.69) is 0 Å². The molecule has 0 saturated carbocycles. The first-order valence-corrected chi connectivity index (χ1v) is 19.3. The number of ether oxygens (including phenoxy) is 4. The minimum Gasteiger partial charge on any atom is -0.508 e. The van der Waals surface area contributed by atoms with Crippen LogP contribution in [0.3, 0.4) is 0 Å². The van der Waals surface area contributed by atoms with Crippen molar-refractivity contribution >= 4 is 11.6 Å². The fourth-order valence-electron chi connectivity index (χ4n) is 7.27. The number of carbonyl (C=O) groups excluding carboxylic acids is 2. The molecule has 63 heavy (non-hydrogen) atoms. The number of phenolic OH excluding ortho intramolecular Hbond substituents is 7. The van der Waals surface area contributed by atoms with Gasteiger partial charge in [0.25, 0.3) is 0 Å². The third-order valence-corrected chi connectivity index (χ3v) is 10.7. The highest BCUT2D eigenvalue weighted by Crippen LogP contribution is 2.49. The van der Waals surface area contributed by atoms with Crippen molar-refractivity contribution in [3.8, 4) is 62.9 Å². The summed E-state index contributed by atoms with van der Waals surface area (Å²) in [5.74, 6) is -7.67. The van der Waals surface area contributed by atoms with Crippen LogP contribution in [0.15, 0.2) is 54.6 Å². The molecule has 0 spiro atoms. The minimum atomic E-state index is -1.98. The van der Waals surface area contributed by atoms with Crippen LogP contribution in [-0.2, 0) is 22.3 Å². The summed E-state index contributed by atoms with van der Waals surface area (Å²) < 4.78 is 21.8. The number of ketones is 2. The average molecular weight is 887 g/mol. The van der Waals surface area contributed by atoms with Crippen molar-refractivity contribution < 1.29 is 105 Å². The summed E-state index contributed by atoms with van der Waals surface area (Å²) in [4.78, 5) is 27.5. The number of phenols is 7. The molecule has 0 unspecified atom stereocenters. The Morgan fingerprint density at radius 1 is 0.540 bits per heavy atom. The van der Waals surface area contributed by atoms with Gasteiger partial charge in [0.15, 0.2) is 23.1 Å². The van der Waals surface area contributed by atoms with Crippen LogP contribution in [0, 0.1) is 0 Å². The van der Waals surface area contributed by atoms with E-state index in [1.165, 1.54) is 24.3 Å². The van der Waals surface area contributed by atoms with E-state index in [0.717, 1.165) is 30.3 Å². The summed E-state index contributed by atoms with van der Waals surface area (Å²) in [5.41, 5.74) is -1.47. The number of hydrogen-bond acceptors (Lipinski definition) is 21. The van der Waals surface area contributed by atoms with Gasteiger partial charge >= 0.3 is 0 Å². The maximum atomic E-state index is 14.0. The number of carbonyl (C=O) groups is 2. The summed E-state index contributed by atoms with van der Waals surface area (Å²) in [6.45, 7) is -1.60. The van der Waals surface area contributed by atoms with Gasteiger partial charge in [-0.2, -0.15) is 0 Å². The number of hydrogen-bond donors (Lipinski definition) is 15. The van der Waals surface area contributed by atoms with Gasteiger partial charge in [-0.3, -0.25) is 9.59 Å². The van der Waals surface area contributed by atoms with E-state index in [9.17, 15) is 86.2 Å². The fourth-order valence-corrected chi connectivity index (χ4v) is 7.27. The molecule has 0 aromatic heterocycles. The van der Waals surface area contributed by atoms with Gasteiger partial charge < -0.3 is 95.5 Å². The molecule has 2 saturated heterocycles. The van der Waals surface area contributed by atoms with Crippen LogP contribution >= 0.6 is 0 Å². The van der Waals surface area contributed by atoms with Crippen molar-refractivity contribution in [2.24, 2.45) is 0 Å². The first-order chi connectivity index (χ1) is 29.8. The van der Waals surface area contributed by atoms with E-state index in [-0.39, 0.29) is 35.5 Å². The molecule has 0 amide bonds. The molecule has 6 rings (SSSR count).